The van der Waals surface area contributed by atoms with Crippen LogP contribution in [0.4, 0.5) is 4.39 Å². The average Bonchev–Trinajstić information content (AvgIpc) is 2.73. The minimum atomic E-state index is -3.84. The van der Waals surface area contributed by atoms with Gasteiger partial charge in [0.25, 0.3) is 0 Å². The van der Waals surface area contributed by atoms with Gasteiger partial charge in [0.2, 0.25) is 15.9 Å². The first-order valence-corrected chi connectivity index (χ1v) is 10.6. The first-order valence-electron chi connectivity index (χ1n) is 9.13. The molecule has 0 bridgehead atoms. The van der Waals surface area contributed by atoms with Gasteiger partial charge in [0.15, 0.2) is 0 Å². The number of sulfonamides is 1. The molecule has 1 amide bonds. The number of aromatic carboxylic acids is 1. The zero-order valence-electron chi connectivity index (χ0n) is 15.5. The van der Waals surface area contributed by atoms with Crippen molar-refractivity contribution in [3.05, 3.63) is 65.5 Å². The average molecular weight is 420 g/mol. The standard InChI is InChI=1S/C20H21FN2O5S/c21-18-7-2-1-4-16(18)13-22-19(24)14-8-10-23(11-9-14)29(27,28)17-6-3-5-15(12-17)20(25)26/h1-7,12,14H,8-11,13H2,(H,22,24)(H,25,26). The number of hydrogen-bond donors (Lipinski definition) is 2. The van der Waals surface area contributed by atoms with Crippen molar-refractivity contribution in [3.63, 3.8) is 0 Å². The van der Waals surface area contributed by atoms with E-state index in [9.17, 15) is 22.4 Å². The maximum atomic E-state index is 13.6. The first-order chi connectivity index (χ1) is 13.8. The molecule has 1 saturated heterocycles. The van der Waals surface area contributed by atoms with Crippen LogP contribution in [0.15, 0.2) is 53.4 Å². The van der Waals surface area contributed by atoms with E-state index < -0.39 is 21.8 Å². The first kappa shape index (κ1) is 20.9. The molecule has 7 nitrogen and oxygen atoms in total. The summed E-state index contributed by atoms with van der Waals surface area (Å²) in [6.07, 6.45) is 0.669. The third-order valence-electron chi connectivity index (χ3n) is 4.95. The second-order valence-electron chi connectivity index (χ2n) is 6.82. The van der Waals surface area contributed by atoms with Crippen LogP contribution in [-0.4, -0.2) is 42.8 Å². The van der Waals surface area contributed by atoms with Gasteiger partial charge in [-0.15, -0.1) is 0 Å². The van der Waals surface area contributed by atoms with E-state index >= 15 is 0 Å². The highest BCUT2D eigenvalue weighted by molar-refractivity contribution is 7.89. The number of halogens is 1. The number of nitrogens with zero attached hydrogens (tertiary/aromatic N) is 1. The van der Waals surface area contributed by atoms with Crippen LogP contribution in [0.2, 0.25) is 0 Å². The maximum Gasteiger partial charge on any atom is 0.335 e. The quantitative estimate of drug-likeness (QED) is 0.746. The Balaban J connectivity index is 1.59. The number of nitrogens with one attached hydrogen (secondary N) is 1. The summed E-state index contributed by atoms with van der Waals surface area (Å²) in [7, 11) is -3.84. The molecule has 1 heterocycles. The van der Waals surface area contributed by atoms with Gasteiger partial charge in [-0.2, -0.15) is 4.31 Å². The predicted octanol–water partition coefficient (Wildman–Crippen LogP) is 2.24. The van der Waals surface area contributed by atoms with E-state index in [1.165, 1.54) is 28.6 Å². The fraction of sp³-hybridized carbons (Fsp3) is 0.300. The lowest BCUT2D eigenvalue weighted by molar-refractivity contribution is -0.126. The van der Waals surface area contributed by atoms with E-state index in [1.807, 2.05) is 0 Å². The van der Waals surface area contributed by atoms with Crippen LogP contribution in [-0.2, 0) is 21.4 Å². The zero-order chi connectivity index (χ0) is 21.0. The van der Waals surface area contributed by atoms with Crippen LogP contribution in [0, 0.1) is 11.7 Å². The van der Waals surface area contributed by atoms with Crippen molar-refractivity contribution in [2.75, 3.05) is 13.1 Å². The molecule has 2 aromatic rings. The third-order valence-corrected chi connectivity index (χ3v) is 6.85. The maximum absolute atomic E-state index is 13.6. The van der Waals surface area contributed by atoms with Crippen molar-refractivity contribution in [1.29, 1.82) is 0 Å². The number of hydrogen-bond acceptors (Lipinski definition) is 4. The number of carbonyl (C=O) groups excluding carboxylic acids is 1. The van der Waals surface area contributed by atoms with Crippen LogP contribution < -0.4 is 5.32 Å². The summed E-state index contributed by atoms with van der Waals surface area (Å²) in [6.45, 7) is 0.376. The molecule has 3 rings (SSSR count). The van der Waals surface area contributed by atoms with Crippen molar-refractivity contribution >= 4 is 21.9 Å². The van der Waals surface area contributed by atoms with Gasteiger partial charge in [-0.25, -0.2) is 17.6 Å². The number of piperidine rings is 1. The summed E-state index contributed by atoms with van der Waals surface area (Å²) < 4.78 is 40.5. The summed E-state index contributed by atoms with van der Waals surface area (Å²) in [5.41, 5.74) is 0.285. The second kappa shape index (κ2) is 8.71. The molecular weight excluding hydrogens is 399 g/mol. The molecule has 9 heteroatoms. The Kier molecular flexibility index (Phi) is 6.29. The van der Waals surface area contributed by atoms with E-state index in [1.54, 1.807) is 18.2 Å². The summed E-state index contributed by atoms with van der Waals surface area (Å²) in [5, 5.41) is 11.8. The largest absolute Gasteiger partial charge is 0.478 e. The molecule has 0 atom stereocenters. The Bertz CT molecular complexity index is 1020. The lowest BCUT2D eigenvalue weighted by Gasteiger charge is -2.30. The van der Waals surface area contributed by atoms with Crippen LogP contribution >= 0.6 is 0 Å². The number of rotatable bonds is 6. The topological polar surface area (TPSA) is 104 Å². The number of amides is 1. The van der Waals surface area contributed by atoms with Gasteiger partial charge < -0.3 is 10.4 Å². The second-order valence-corrected chi connectivity index (χ2v) is 8.76. The SMILES string of the molecule is O=C(O)c1cccc(S(=O)(=O)N2CCC(C(=O)NCc3ccccc3F)CC2)c1. The summed E-state index contributed by atoms with van der Waals surface area (Å²) in [6, 6.07) is 11.4. The monoisotopic (exact) mass is 420 g/mol. The lowest BCUT2D eigenvalue weighted by Crippen LogP contribution is -2.42. The highest BCUT2D eigenvalue weighted by Crippen LogP contribution is 2.24. The van der Waals surface area contributed by atoms with Gasteiger partial charge >= 0.3 is 5.97 Å². The van der Waals surface area contributed by atoms with E-state index in [4.69, 9.17) is 5.11 Å². The van der Waals surface area contributed by atoms with Crippen molar-refractivity contribution in [3.8, 4) is 0 Å². The molecule has 0 saturated carbocycles. The van der Waals surface area contributed by atoms with E-state index in [2.05, 4.69) is 5.32 Å². The van der Waals surface area contributed by atoms with E-state index in [0.29, 0.717) is 18.4 Å². The summed E-state index contributed by atoms with van der Waals surface area (Å²) in [4.78, 5) is 23.4. The molecule has 0 spiro atoms. The number of benzene rings is 2. The molecule has 0 aromatic heterocycles. The highest BCUT2D eigenvalue weighted by Gasteiger charge is 2.32. The fourth-order valence-electron chi connectivity index (χ4n) is 3.27. The lowest BCUT2D eigenvalue weighted by atomic mass is 9.97. The molecule has 2 N–H and O–H groups in total. The van der Waals surface area contributed by atoms with Gasteiger partial charge in [0.1, 0.15) is 5.82 Å². The summed E-state index contributed by atoms with van der Waals surface area (Å²) >= 11 is 0. The van der Waals surface area contributed by atoms with Crippen molar-refractivity contribution < 1.29 is 27.5 Å². The van der Waals surface area contributed by atoms with Crippen LogP contribution in [0.1, 0.15) is 28.8 Å². The minimum Gasteiger partial charge on any atom is -0.478 e. The van der Waals surface area contributed by atoms with Gasteiger partial charge in [0, 0.05) is 31.1 Å². The molecule has 0 unspecified atom stereocenters. The van der Waals surface area contributed by atoms with Gasteiger partial charge in [-0.3, -0.25) is 4.79 Å². The van der Waals surface area contributed by atoms with E-state index in [0.717, 1.165) is 6.07 Å². The predicted molar refractivity (Wildman–Crippen MR) is 103 cm³/mol. The number of carboxylic acids is 1. The Morgan fingerprint density at radius 2 is 1.79 bits per heavy atom. The molecule has 2 aromatic carbocycles. The molecule has 154 valence electrons. The van der Waals surface area contributed by atoms with E-state index in [-0.39, 0.29) is 41.9 Å². The molecule has 1 aliphatic heterocycles. The molecule has 0 radical (unpaired) electrons. The van der Waals surface area contributed by atoms with Crippen molar-refractivity contribution in [2.45, 2.75) is 24.3 Å². The Labute approximate surface area is 168 Å². The molecule has 29 heavy (non-hydrogen) atoms. The minimum absolute atomic E-state index is 0.0754. The Morgan fingerprint density at radius 3 is 2.45 bits per heavy atom. The van der Waals surface area contributed by atoms with Gasteiger partial charge in [-0.05, 0) is 37.1 Å². The van der Waals surface area contributed by atoms with Crippen LogP contribution in [0.3, 0.4) is 0 Å². The number of carbonyl (C=O) groups is 2. The third kappa shape index (κ3) is 4.80. The van der Waals surface area contributed by atoms with Crippen molar-refractivity contribution in [1.82, 2.24) is 9.62 Å². The molecule has 0 aliphatic carbocycles. The van der Waals surface area contributed by atoms with Crippen LogP contribution in [0.5, 0.6) is 0 Å². The molecular formula is C20H21FN2O5S. The summed E-state index contributed by atoms with van der Waals surface area (Å²) in [5.74, 6) is -2.19. The Hall–Kier alpha value is -2.78. The smallest absolute Gasteiger partial charge is 0.335 e. The van der Waals surface area contributed by atoms with Gasteiger partial charge in [-0.1, -0.05) is 24.3 Å². The fourth-order valence-corrected chi connectivity index (χ4v) is 4.78. The van der Waals surface area contributed by atoms with Crippen LogP contribution in [0.25, 0.3) is 0 Å². The number of carboxylic acid groups (broad SMARTS) is 1. The molecule has 1 fully saturated rings. The molecule has 1 aliphatic rings. The van der Waals surface area contributed by atoms with Gasteiger partial charge in [0.05, 0.1) is 10.5 Å². The van der Waals surface area contributed by atoms with Crippen molar-refractivity contribution in [2.24, 2.45) is 5.92 Å². The zero-order valence-corrected chi connectivity index (χ0v) is 16.4. The Morgan fingerprint density at radius 1 is 1.10 bits per heavy atom. The highest BCUT2D eigenvalue weighted by atomic mass is 32.2. The normalized spacial score (nSPS) is 15.8.